The predicted octanol–water partition coefficient (Wildman–Crippen LogP) is 1.28. The van der Waals surface area contributed by atoms with Crippen LogP contribution >= 0.6 is 0 Å². The van der Waals surface area contributed by atoms with Crippen LogP contribution in [-0.2, 0) is 23.9 Å². The molecule has 2 heterocycles. The van der Waals surface area contributed by atoms with Gasteiger partial charge in [-0.1, -0.05) is 6.92 Å². The number of halogens is 6. The van der Waals surface area contributed by atoms with Crippen LogP contribution in [0.5, 0.6) is 0 Å². The van der Waals surface area contributed by atoms with Crippen LogP contribution in [0.1, 0.15) is 39.0 Å². The van der Waals surface area contributed by atoms with Crippen molar-refractivity contribution < 1.29 is 55.4 Å². The number of carbonyl (C=O) groups excluding carboxylic acids is 4. The number of Topliss-reactive ketones (excluding diaryl/α,β-unsaturated/α-hetero) is 1. The minimum Gasteiger partial charge on any atom is -0.383 e. The van der Waals surface area contributed by atoms with Crippen molar-refractivity contribution in [2.45, 2.75) is 63.7 Å². The number of hydrogen-bond donors (Lipinski definition) is 3. The van der Waals surface area contributed by atoms with Crippen LogP contribution < -0.4 is 11.1 Å². The Morgan fingerprint density at radius 2 is 1.86 bits per heavy atom. The number of nitrogens with two attached hydrogens (primary N) is 1. The second kappa shape index (κ2) is 10.4. The van der Waals surface area contributed by atoms with Gasteiger partial charge < -0.3 is 21.1 Å². The molecule has 37 heavy (non-hydrogen) atoms. The highest BCUT2D eigenvalue weighted by atomic mass is 19.4. The largest absolute Gasteiger partial charge is 0.522 e. The number of carbonyl (C=O) groups is 4. The molecule has 0 bridgehead atoms. The number of primary amides is 1. The van der Waals surface area contributed by atoms with Crippen molar-refractivity contribution in [3.05, 3.63) is 0 Å². The van der Waals surface area contributed by atoms with E-state index in [0.29, 0.717) is 13.0 Å². The number of likely N-dealkylation sites (tertiary alicyclic amines) is 1. The first-order valence-corrected chi connectivity index (χ1v) is 11.8. The van der Waals surface area contributed by atoms with Crippen molar-refractivity contribution in [3.63, 3.8) is 0 Å². The van der Waals surface area contributed by atoms with E-state index in [4.69, 9.17) is 5.73 Å². The van der Waals surface area contributed by atoms with Crippen LogP contribution in [0.25, 0.3) is 0 Å². The van der Waals surface area contributed by atoms with E-state index in [1.807, 2.05) is 0 Å². The molecule has 1 spiro atoms. The van der Waals surface area contributed by atoms with Crippen LogP contribution in [-0.4, -0.2) is 77.9 Å². The van der Waals surface area contributed by atoms with Crippen molar-refractivity contribution in [2.24, 2.45) is 34.8 Å². The smallest absolute Gasteiger partial charge is 0.383 e. The van der Waals surface area contributed by atoms with Gasteiger partial charge in [0.1, 0.15) is 18.8 Å². The van der Waals surface area contributed by atoms with Crippen molar-refractivity contribution in [1.29, 1.82) is 0 Å². The van der Waals surface area contributed by atoms with E-state index in [1.54, 1.807) is 0 Å². The Morgan fingerprint density at radius 1 is 1.22 bits per heavy atom. The molecule has 2 saturated heterocycles. The normalized spacial score (nSPS) is 30.2. The summed E-state index contributed by atoms with van der Waals surface area (Å²) < 4.78 is 80.0. The highest BCUT2D eigenvalue weighted by Crippen LogP contribution is 2.64. The first-order valence-electron chi connectivity index (χ1n) is 11.8. The zero-order chi connectivity index (χ0) is 27.9. The summed E-state index contributed by atoms with van der Waals surface area (Å²) in [5, 5.41) is 12.8. The van der Waals surface area contributed by atoms with Gasteiger partial charge in [-0.3, -0.25) is 23.9 Å². The quantitative estimate of drug-likeness (QED) is 0.354. The molecular weight excluding hydrogens is 516 g/mol. The lowest BCUT2D eigenvalue weighted by Crippen LogP contribution is -2.48. The van der Waals surface area contributed by atoms with Crippen molar-refractivity contribution in [1.82, 2.24) is 10.2 Å². The van der Waals surface area contributed by atoms with Gasteiger partial charge in [0, 0.05) is 24.9 Å². The van der Waals surface area contributed by atoms with E-state index >= 15 is 0 Å². The zero-order valence-corrected chi connectivity index (χ0v) is 19.9. The summed E-state index contributed by atoms with van der Waals surface area (Å²) in [4.78, 5) is 50.6. The number of rotatable bonds is 10. The molecule has 0 aromatic heterocycles. The third kappa shape index (κ3) is 6.72. The zero-order valence-electron chi connectivity index (χ0n) is 19.9. The van der Waals surface area contributed by atoms with Crippen molar-refractivity contribution >= 4 is 23.5 Å². The van der Waals surface area contributed by atoms with E-state index in [-0.39, 0.29) is 31.7 Å². The number of ketones is 1. The number of hydrogen-bond acceptors (Lipinski definition) is 6. The molecule has 15 heteroatoms. The molecule has 0 aromatic rings. The number of nitrogens with zero attached hydrogens (tertiary/aromatic N) is 1. The van der Waals surface area contributed by atoms with Gasteiger partial charge >= 0.3 is 12.5 Å². The molecule has 1 aliphatic carbocycles. The average Bonchev–Trinajstić information content (AvgIpc) is 3.08. The standard InChI is InChI=1S/C22H29F6N3O6/c1-10(21(23,24)25)4-15(32)19(36)31-9-20(7-14(31)17(29)34)6-13(20)12(5-11-2-3-30-18(11)35)16(33)8-37-22(26,27)28/h10-15,32H,2-9H2,1H3,(H2,29,34)(H,30,35)/t10-,11-,12+,13?,14?,15-,20?/m1/s1. The lowest BCUT2D eigenvalue weighted by atomic mass is 9.83. The monoisotopic (exact) mass is 545 g/mol. The Kier molecular flexibility index (Phi) is 8.18. The summed E-state index contributed by atoms with van der Waals surface area (Å²) >= 11 is 0. The van der Waals surface area contributed by atoms with Crippen molar-refractivity contribution in [3.8, 4) is 0 Å². The van der Waals surface area contributed by atoms with Gasteiger partial charge in [0.05, 0.1) is 5.92 Å². The number of aliphatic hydroxyl groups excluding tert-OH is 1. The van der Waals surface area contributed by atoms with E-state index in [1.165, 1.54) is 0 Å². The molecular formula is C22H29F6N3O6. The molecule has 3 unspecified atom stereocenters. The number of ether oxygens (including phenoxy) is 1. The van der Waals surface area contributed by atoms with E-state index in [2.05, 4.69) is 10.1 Å². The maximum atomic E-state index is 12.9. The van der Waals surface area contributed by atoms with Gasteiger partial charge in [-0.15, -0.1) is 13.2 Å². The Hall–Kier alpha value is -2.42. The SMILES string of the molecule is C[C@H](C[C@@H](O)C(=O)N1CC2(CC1C(N)=O)CC2[C@H](C[C@H]1CCNC1=O)C(=O)COC(F)(F)F)C(F)(F)F. The molecule has 4 N–H and O–H groups in total. The van der Waals surface area contributed by atoms with Gasteiger partial charge in [-0.05, 0) is 43.4 Å². The lowest BCUT2D eigenvalue weighted by Gasteiger charge is -2.27. The van der Waals surface area contributed by atoms with Crippen LogP contribution in [0.2, 0.25) is 0 Å². The number of amides is 3. The highest BCUT2D eigenvalue weighted by Gasteiger charge is 2.65. The maximum Gasteiger partial charge on any atom is 0.522 e. The molecule has 9 nitrogen and oxygen atoms in total. The maximum absolute atomic E-state index is 12.9. The summed E-state index contributed by atoms with van der Waals surface area (Å²) in [6.45, 7) is -0.351. The van der Waals surface area contributed by atoms with Crippen LogP contribution in [0.4, 0.5) is 26.3 Å². The molecule has 1 saturated carbocycles. The number of alkyl halides is 6. The van der Waals surface area contributed by atoms with Crippen LogP contribution in [0.3, 0.4) is 0 Å². The molecule has 210 valence electrons. The first-order chi connectivity index (χ1) is 16.9. The highest BCUT2D eigenvalue weighted by molar-refractivity contribution is 5.90. The van der Waals surface area contributed by atoms with Gasteiger partial charge in [0.2, 0.25) is 11.8 Å². The third-order valence-corrected chi connectivity index (χ3v) is 7.73. The fraction of sp³-hybridized carbons (Fsp3) is 0.818. The topological polar surface area (TPSA) is 139 Å². The Morgan fingerprint density at radius 3 is 2.38 bits per heavy atom. The minimum absolute atomic E-state index is 0.0563. The number of nitrogens with one attached hydrogen (secondary N) is 1. The van der Waals surface area contributed by atoms with E-state index in [0.717, 1.165) is 11.8 Å². The van der Waals surface area contributed by atoms with Gasteiger partial charge in [-0.2, -0.15) is 13.2 Å². The van der Waals surface area contributed by atoms with Crippen molar-refractivity contribution in [2.75, 3.05) is 19.7 Å². The fourth-order valence-corrected chi connectivity index (χ4v) is 5.58. The fourth-order valence-electron chi connectivity index (χ4n) is 5.58. The summed E-state index contributed by atoms with van der Waals surface area (Å²) in [5.41, 5.74) is 4.50. The van der Waals surface area contributed by atoms with Crippen LogP contribution in [0, 0.1) is 29.1 Å². The average molecular weight is 545 g/mol. The summed E-state index contributed by atoms with van der Waals surface area (Å²) in [5.74, 6) is -7.61. The molecule has 7 atom stereocenters. The summed E-state index contributed by atoms with van der Waals surface area (Å²) in [6, 6.07) is -1.27. The Bertz CT molecular complexity index is 928. The Balaban J connectivity index is 1.77. The number of aliphatic hydroxyl groups is 1. The van der Waals surface area contributed by atoms with Gasteiger partial charge in [-0.25, -0.2) is 0 Å². The first kappa shape index (κ1) is 29.1. The molecule has 0 radical (unpaired) electrons. The Labute approximate surface area is 208 Å². The van der Waals surface area contributed by atoms with Gasteiger partial charge in [0.25, 0.3) is 5.91 Å². The summed E-state index contributed by atoms with van der Waals surface area (Å²) in [6.07, 6.45) is -12.2. The van der Waals surface area contributed by atoms with E-state index in [9.17, 15) is 50.6 Å². The molecule has 0 aromatic carbocycles. The second-order valence-corrected chi connectivity index (χ2v) is 10.3. The molecule has 3 fully saturated rings. The molecule has 3 rings (SSSR count). The van der Waals surface area contributed by atoms with E-state index < -0.39 is 84.4 Å². The molecule has 3 aliphatic rings. The lowest BCUT2D eigenvalue weighted by molar-refractivity contribution is -0.321. The molecule has 2 aliphatic heterocycles. The molecule has 3 amide bonds. The predicted molar refractivity (Wildman–Crippen MR) is 112 cm³/mol. The third-order valence-electron chi connectivity index (χ3n) is 7.73. The van der Waals surface area contributed by atoms with Gasteiger partial charge in [0.15, 0.2) is 5.78 Å². The minimum atomic E-state index is -5.05. The summed E-state index contributed by atoms with van der Waals surface area (Å²) in [7, 11) is 0. The second-order valence-electron chi connectivity index (χ2n) is 10.3. The van der Waals surface area contributed by atoms with Crippen LogP contribution in [0.15, 0.2) is 0 Å².